The molecule has 1 heterocycles. The number of rotatable bonds is 4. The zero-order valence-electron chi connectivity index (χ0n) is 14.6. The van der Waals surface area contributed by atoms with Gasteiger partial charge < -0.3 is 0 Å². The topological polar surface area (TPSA) is 79.4 Å². The summed E-state index contributed by atoms with van der Waals surface area (Å²) in [7, 11) is -0.665. The van der Waals surface area contributed by atoms with E-state index in [0.29, 0.717) is 15.2 Å². The quantitative estimate of drug-likeness (QED) is 0.777. The lowest BCUT2D eigenvalue weighted by atomic mass is 9.93. The fourth-order valence-electron chi connectivity index (χ4n) is 1.89. The maximum atomic E-state index is 12.4. The third-order valence-electron chi connectivity index (χ3n) is 3.45. The lowest BCUT2D eigenvalue weighted by Crippen LogP contribution is -2.23. The maximum Gasteiger partial charge on any atom is 0.257 e. The molecule has 1 aromatic heterocycles. The number of nitrogens with one attached hydrogen (secondary N) is 1. The number of anilines is 1. The van der Waals surface area contributed by atoms with Crippen molar-refractivity contribution >= 4 is 48.3 Å². The highest BCUT2D eigenvalue weighted by atomic mass is 79.9. The van der Waals surface area contributed by atoms with Crippen LogP contribution in [0.2, 0.25) is 0 Å². The third-order valence-corrected chi connectivity index (χ3v) is 7.00. The number of thiazole rings is 1. The Kier molecular flexibility index (Phi) is 5.72. The molecule has 0 aliphatic heterocycles. The van der Waals surface area contributed by atoms with Gasteiger partial charge in [-0.05, 0) is 34.1 Å². The molecule has 1 N–H and O–H groups in total. The summed E-state index contributed by atoms with van der Waals surface area (Å²) in [5, 5.41) is 5.17. The van der Waals surface area contributed by atoms with Gasteiger partial charge in [0.25, 0.3) is 5.91 Å². The molecule has 0 atom stereocenters. The highest BCUT2D eigenvalue weighted by Gasteiger charge is 2.22. The number of hydrogen-bond donors (Lipinski definition) is 1. The van der Waals surface area contributed by atoms with Crippen molar-refractivity contribution in [1.29, 1.82) is 0 Å². The third kappa shape index (κ3) is 4.46. The maximum absolute atomic E-state index is 12.4. The summed E-state index contributed by atoms with van der Waals surface area (Å²) in [6.45, 7) is 6.15. The van der Waals surface area contributed by atoms with E-state index in [1.807, 2.05) is 5.38 Å². The van der Waals surface area contributed by atoms with Crippen molar-refractivity contribution in [3.8, 4) is 0 Å². The summed E-state index contributed by atoms with van der Waals surface area (Å²) < 4.78 is 25.9. The molecule has 136 valence electrons. The van der Waals surface area contributed by atoms with Crippen LogP contribution in [0.15, 0.2) is 32.9 Å². The van der Waals surface area contributed by atoms with Crippen LogP contribution >= 0.6 is 27.3 Å². The van der Waals surface area contributed by atoms with Crippen molar-refractivity contribution in [3.05, 3.63) is 39.3 Å². The lowest BCUT2D eigenvalue weighted by Gasteiger charge is -2.14. The first-order valence-electron chi connectivity index (χ1n) is 7.42. The Morgan fingerprint density at radius 2 is 1.92 bits per heavy atom. The van der Waals surface area contributed by atoms with Crippen LogP contribution in [0.3, 0.4) is 0 Å². The Balaban J connectivity index is 2.24. The van der Waals surface area contributed by atoms with E-state index in [-0.39, 0.29) is 16.2 Å². The van der Waals surface area contributed by atoms with Gasteiger partial charge in [-0.25, -0.2) is 17.7 Å². The van der Waals surface area contributed by atoms with E-state index in [1.165, 1.54) is 43.6 Å². The van der Waals surface area contributed by atoms with E-state index < -0.39 is 10.0 Å². The minimum atomic E-state index is -3.58. The number of aromatic nitrogens is 1. The molecule has 9 heteroatoms. The highest BCUT2D eigenvalue weighted by Crippen LogP contribution is 2.28. The number of nitrogens with zero attached hydrogens (tertiary/aromatic N) is 2. The number of carbonyl (C=O) groups excluding carboxylic acids is 1. The van der Waals surface area contributed by atoms with E-state index >= 15 is 0 Å². The number of carbonyl (C=O) groups is 1. The highest BCUT2D eigenvalue weighted by molar-refractivity contribution is 9.10. The molecule has 1 aromatic carbocycles. The first-order valence-corrected chi connectivity index (χ1v) is 10.5. The molecule has 2 aromatic rings. The minimum Gasteiger partial charge on any atom is -0.298 e. The molecule has 0 saturated heterocycles. The molecule has 25 heavy (non-hydrogen) atoms. The van der Waals surface area contributed by atoms with Crippen LogP contribution in [0.5, 0.6) is 0 Å². The smallest absolute Gasteiger partial charge is 0.257 e. The van der Waals surface area contributed by atoms with Crippen molar-refractivity contribution in [2.75, 3.05) is 19.4 Å². The lowest BCUT2D eigenvalue weighted by molar-refractivity contribution is 0.102. The molecule has 0 unspecified atom stereocenters. The Labute approximate surface area is 160 Å². The predicted octanol–water partition coefficient (Wildman–Crippen LogP) is 3.71. The average Bonchev–Trinajstić information content (AvgIpc) is 2.95. The second-order valence-corrected chi connectivity index (χ2v) is 10.5. The number of hydrogen-bond acceptors (Lipinski definition) is 5. The molecular formula is C16H20BrN3O3S2. The van der Waals surface area contributed by atoms with Gasteiger partial charge in [-0.1, -0.05) is 20.8 Å². The van der Waals surface area contributed by atoms with Crippen LogP contribution < -0.4 is 5.32 Å². The van der Waals surface area contributed by atoms with E-state index in [4.69, 9.17) is 0 Å². The van der Waals surface area contributed by atoms with E-state index in [9.17, 15) is 13.2 Å². The predicted molar refractivity (Wildman–Crippen MR) is 104 cm³/mol. The summed E-state index contributed by atoms with van der Waals surface area (Å²) in [4.78, 5) is 16.9. The van der Waals surface area contributed by atoms with E-state index in [1.54, 1.807) is 0 Å². The molecule has 0 spiro atoms. The van der Waals surface area contributed by atoms with Crippen LogP contribution in [0.25, 0.3) is 0 Å². The van der Waals surface area contributed by atoms with Crippen LogP contribution in [0, 0.1) is 0 Å². The van der Waals surface area contributed by atoms with Gasteiger partial charge in [-0.3, -0.25) is 10.1 Å². The molecule has 0 saturated carbocycles. The van der Waals surface area contributed by atoms with Gasteiger partial charge in [0.05, 0.1) is 10.6 Å². The molecule has 6 nitrogen and oxygen atoms in total. The van der Waals surface area contributed by atoms with E-state index in [2.05, 4.69) is 47.0 Å². The normalized spacial score (nSPS) is 12.4. The summed E-state index contributed by atoms with van der Waals surface area (Å²) in [5.41, 5.74) is 1.16. The second kappa shape index (κ2) is 7.14. The van der Waals surface area contributed by atoms with Gasteiger partial charge in [0.15, 0.2) is 5.13 Å². The minimum absolute atomic E-state index is 0.0926. The number of halogens is 1. The summed E-state index contributed by atoms with van der Waals surface area (Å²) in [5.74, 6) is -0.343. The average molecular weight is 446 g/mol. The SMILES string of the molecule is CN(C)S(=O)(=O)c1ccc(C(=O)Nc2nc(C(C)(C)C)cs2)cc1Br. The van der Waals surface area contributed by atoms with Gasteiger partial charge in [-0.2, -0.15) is 0 Å². The Bertz CT molecular complexity index is 900. The van der Waals surface area contributed by atoms with Gasteiger partial charge in [0.2, 0.25) is 10.0 Å². The summed E-state index contributed by atoms with van der Waals surface area (Å²) in [6.07, 6.45) is 0. The van der Waals surface area contributed by atoms with Crippen LogP contribution in [-0.4, -0.2) is 37.7 Å². The fraction of sp³-hybridized carbons (Fsp3) is 0.375. The molecule has 0 bridgehead atoms. The standard InChI is InChI=1S/C16H20BrN3O3S2/c1-16(2,3)13-9-24-15(18-13)19-14(21)10-6-7-12(11(17)8-10)25(22,23)20(4)5/h6-9H,1-5H3,(H,18,19,21). The van der Waals surface area contributed by atoms with Crippen molar-refractivity contribution < 1.29 is 13.2 Å². The van der Waals surface area contributed by atoms with Gasteiger partial charge in [0.1, 0.15) is 0 Å². The monoisotopic (exact) mass is 445 g/mol. The Hall–Kier alpha value is -1.29. The fourth-order valence-corrected chi connectivity index (χ4v) is 4.76. The van der Waals surface area contributed by atoms with Gasteiger partial charge >= 0.3 is 0 Å². The van der Waals surface area contributed by atoms with Crippen LogP contribution in [-0.2, 0) is 15.4 Å². The molecule has 0 aliphatic rings. The molecule has 0 aliphatic carbocycles. The second-order valence-electron chi connectivity index (χ2n) is 6.67. The zero-order chi connectivity index (χ0) is 19.0. The zero-order valence-corrected chi connectivity index (χ0v) is 17.8. The molecule has 0 radical (unpaired) electrons. The van der Waals surface area contributed by atoms with Gasteiger partial charge in [-0.15, -0.1) is 11.3 Å². The van der Waals surface area contributed by atoms with Gasteiger partial charge in [0, 0.05) is 34.9 Å². The number of benzene rings is 1. The Morgan fingerprint density at radius 3 is 2.40 bits per heavy atom. The molecule has 1 amide bonds. The first-order chi connectivity index (χ1) is 11.4. The largest absolute Gasteiger partial charge is 0.298 e. The van der Waals surface area contributed by atoms with Crippen molar-refractivity contribution in [2.45, 2.75) is 31.1 Å². The number of amides is 1. The summed E-state index contributed by atoms with van der Waals surface area (Å²) in [6, 6.07) is 4.38. The van der Waals surface area contributed by atoms with E-state index in [0.717, 1.165) is 10.00 Å². The van der Waals surface area contributed by atoms with Crippen LogP contribution in [0.4, 0.5) is 5.13 Å². The molecule has 2 rings (SSSR count). The van der Waals surface area contributed by atoms with Crippen LogP contribution in [0.1, 0.15) is 36.8 Å². The summed E-state index contributed by atoms with van der Waals surface area (Å²) >= 11 is 4.59. The first kappa shape index (κ1) is 20.0. The molecular weight excluding hydrogens is 426 g/mol. The van der Waals surface area contributed by atoms with Crippen molar-refractivity contribution in [3.63, 3.8) is 0 Å². The van der Waals surface area contributed by atoms with Crippen molar-refractivity contribution in [2.24, 2.45) is 0 Å². The van der Waals surface area contributed by atoms with Crippen molar-refractivity contribution in [1.82, 2.24) is 9.29 Å². The molecule has 0 fully saturated rings. The number of sulfonamides is 1. The Morgan fingerprint density at radius 1 is 1.28 bits per heavy atom.